The maximum Gasteiger partial charge on any atom is 0.416 e. The standard InChI is InChI=1S/C42H36F5N7O3.C2H6/c1-2-29-32(43)11-8-23-17-28(55)18-30(33(23)29)36-34(44)37-31(19-49-36)38(51-40(50-37)57-22-41-12-4-14-53(41)15-5-13-41)52-20-26-9-10-27(21-52)54(26)39(56)35(48)24-6-3-7-25(16-24)42(45,46)47;1-2/h1,3,6-8,11,16-19,26-27,48,55H,4-5,9-10,12-15,20-22H2;1-2H3. The number of aromatic hydroxyl groups is 1. The van der Waals surface area contributed by atoms with E-state index in [9.17, 15) is 27.5 Å². The van der Waals surface area contributed by atoms with Crippen molar-refractivity contribution in [3.05, 3.63) is 83.1 Å². The van der Waals surface area contributed by atoms with Gasteiger partial charge in [-0.2, -0.15) is 23.1 Å². The average molecular weight is 812 g/mol. The summed E-state index contributed by atoms with van der Waals surface area (Å²) in [6.07, 6.45) is 7.60. The number of fused-ring (bicyclic) bond motifs is 5. The van der Waals surface area contributed by atoms with Crippen molar-refractivity contribution in [2.45, 2.75) is 76.2 Å². The number of amides is 1. The molecule has 4 saturated heterocycles. The number of nitrogens with zero attached hydrogens (tertiary/aromatic N) is 6. The summed E-state index contributed by atoms with van der Waals surface area (Å²) in [7, 11) is 0. The molecule has 1 amide bonds. The first-order valence-corrected chi connectivity index (χ1v) is 19.9. The molecule has 5 aromatic rings. The minimum Gasteiger partial charge on any atom is -0.508 e. The third kappa shape index (κ3) is 6.96. The summed E-state index contributed by atoms with van der Waals surface area (Å²) in [5, 5.41) is 20.1. The lowest BCUT2D eigenvalue weighted by molar-refractivity contribution is -0.137. The topological polar surface area (TPSA) is 119 Å². The zero-order valence-electron chi connectivity index (χ0n) is 32.5. The number of phenols is 1. The van der Waals surface area contributed by atoms with Gasteiger partial charge in [-0.3, -0.25) is 20.1 Å². The van der Waals surface area contributed by atoms with Crippen LogP contribution in [0.25, 0.3) is 32.9 Å². The molecule has 4 aliphatic heterocycles. The second kappa shape index (κ2) is 15.4. The molecule has 2 unspecified atom stereocenters. The van der Waals surface area contributed by atoms with E-state index in [1.54, 1.807) is 4.90 Å². The number of ether oxygens (including phenoxy) is 1. The van der Waals surface area contributed by atoms with Gasteiger partial charge in [0.1, 0.15) is 40.9 Å². The molecule has 59 heavy (non-hydrogen) atoms. The number of hydrogen-bond acceptors (Lipinski definition) is 9. The van der Waals surface area contributed by atoms with E-state index in [1.807, 2.05) is 18.7 Å². The second-order valence-corrected chi connectivity index (χ2v) is 15.3. The highest BCUT2D eigenvalue weighted by Crippen LogP contribution is 2.42. The molecule has 0 radical (unpaired) electrons. The van der Waals surface area contributed by atoms with Gasteiger partial charge in [-0.05, 0) is 87.3 Å². The van der Waals surface area contributed by atoms with Crippen molar-refractivity contribution in [1.29, 1.82) is 5.41 Å². The summed E-state index contributed by atoms with van der Waals surface area (Å²) in [4.78, 5) is 33.6. The molecule has 15 heteroatoms. The third-order valence-electron chi connectivity index (χ3n) is 12.1. The quantitative estimate of drug-likeness (QED) is 0.0962. The number of anilines is 1. The average Bonchev–Trinajstić information content (AvgIpc) is 3.90. The number of hydrogen-bond donors (Lipinski definition) is 2. The van der Waals surface area contributed by atoms with Crippen LogP contribution >= 0.6 is 0 Å². The molecule has 2 bridgehead atoms. The Morgan fingerprint density at radius 3 is 2.42 bits per heavy atom. The molecule has 6 heterocycles. The van der Waals surface area contributed by atoms with E-state index < -0.39 is 47.1 Å². The van der Waals surface area contributed by atoms with Gasteiger partial charge >= 0.3 is 12.2 Å². The SMILES string of the molecule is C#Cc1c(F)ccc2cc(O)cc(-c3ncc4c(N5CC6CCC(C5)N6C(=O)C(=N)c5cccc(C(F)(F)F)c5)nc(OCC56CCCN5CCC6)nc4c3F)c12.CC. The van der Waals surface area contributed by atoms with Gasteiger partial charge in [-0.25, -0.2) is 8.78 Å². The Morgan fingerprint density at radius 2 is 1.75 bits per heavy atom. The number of benzene rings is 3. The Kier molecular flexibility index (Phi) is 10.4. The Balaban J connectivity index is 0.00000238. The van der Waals surface area contributed by atoms with Crippen molar-refractivity contribution in [3.8, 4) is 35.4 Å². The van der Waals surface area contributed by atoms with Gasteiger partial charge in [-0.1, -0.05) is 38.0 Å². The number of carbonyl (C=O) groups excluding carboxylic acids is 1. The van der Waals surface area contributed by atoms with Crippen molar-refractivity contribution < 1.29 is 36.6 Å². The van der Waals surface area contributed by atoms with Crippen molar-refractivity contribution in [3.63, 3.8) is 0 Å². The smallest absolute Gasteiger partial charge is 0.416 e. The number of aromatic nitrogens is 3. The summed E-state index contributed by atoms with van der Waals surface area (Å²) >= 11 is 0. The normalized spacial score (nSPS) is 19.7. The molecule has 0 aliphatic carbocycles. The molecule has 306 valence electrons. The number of carbonyl (C=O) groups is 1. The summed E-state index contributed by atoms with van der Waals surface area (Å²) in [6.45, 7) is 6.68. The number of piperazine rings is 1. The first-order valence-electron chi connectivity index (χ1n) is 19.9. The van der Waals surface area contributed by atoms with Gasteiger partial charge in [0, 0.05) is 35.8 Å². The highest BCUT2D eigenvalue weighted by Gasteiger charge is 2.46. The van der Waals surface area contributed by atoms with Crippen molar-refractivity contribution >= 4 is 39.1 Å². The highest BCUT2D eigenvalue weighted by atomic mass is 19.4. The van der Waals surface area contributed by atoms with E-state index in [-0.39, 0.29) is 69.1 Å². The van der Waals surface area contributed by atoms with Crippen molar-refractivity contribution in [2.24, 2.45) is 0 Å². The third-order valence-corrected chi connectivity index (χ3v) is 12.1. The number of rotatable bonds is 7. The molecule has 2 aromatic heterocycles. The van der Waals surface area contributed by atoms with Crippen LogP contribution in [0.1, 0.15) is 69.1 Å². The zero-order chi connectivity index (χ0) is 41.8. The van der Waals surface area contributed by atoms with Gasteiger partial charge in [0.25, 0.3) is 5.91 Å². The van der Waals surface area contributed by atoms with E-state index >= 15 is 4.39 Å². The van der Waals surface area contributed by atoms with E-state index in [0.717, 1.165) is 50.9 Å². The first kappa shape index (κ1) is 39.9. The van der Waals surface area contributed by atoms with E-state index in [4.69, 9.17) is 21.6 Å². The largest absolute Gasteiger partial charge is 0.508 e. The molecule has 2 N–H and O–H groups in total. The van der Waals surface area contributed by atoms with Crippen LogP contribution < -0.4 is 9.64 Å². The highest BCUT2D eigenvalue weighted by molar-refractivity contribution is 6.44. The molecule has 2 atom stereocenters. The fourth-order valence-electron chi connectivity index (χ4n) is 9.44. The monoisotopic (exact) mass is 811 g/mol. The minimum absolute atomic E-state index is 0.0602. The van der Waals surface area contributed by atoms with Crippen molar-refractivity contribution in [2.75, 3.05) is 37.7 Å². The molecule has 9 rings (SSSR count). The molecule has 0 spiro atoms. The Morgan fingerprint density at radius 1 is 1.03 bits per heavy atom. The zero-order valence-corrected chi connectivity index (χ0v) is 32.5. The summed E-state index contributed by atoms with van der Waals surface area (Å²) < 4.78 is 78.8. The van der Waals surface area contributed by atoms with Crippen LogP contribution in [-0.2, 0) is 11.0 Å². The van der Waals surface area contributed by atoms with Crippen LogP contribution in [0.15, 0.2) is 54.7 Å². The number of nitrogens with one attached hydrogen (secondary N) is 1. The summed E-state index contributed by atoms with van der Waals surface area (Å²) in [6, 6.07) is 8.59. The van der Waals surface area contributed by atoms with Crippen LogP contribution in [-0.4, -0.2) is 91.9 Å². The van der Waals surface area contributed by atoms with Crippen LogP contribution in [0.2, 0.25) is 0 Å². The number of pyridine rings is 1. The lowest BCUT2D eigenvalue weighted by atomic mass is 9.95. The molecule has 0 saturated carbocycles. The van der Waals surface area contributed by atoms with Gasteiger partial charge in [-0.15, -0.1) is 6.42 Å². The van der Waals surface area contributed by atoms with Crippen molar-refractivity contribution in [1.82, 2.24) is 24.8 Å². The molecular formula is C44H42F5N7O3. The minimum atomic E-state index is -4.63. The molecular weight excluding hydrogens is 770 g/mol. The molecule has 4 fully saturated rings. The molecule has 10 nitrogen and oxygen atoms in total. The molecule has 4 aliphatic rings. The fraction of sp³-hybridized carbons (Fsp3) is 0.386. The first-order chi connectivity index (χ1) is 28.3. The Labute approximate surface area is 337 Å². The maximum absolute atomic E-state index is 17.1. The predicted octanol–water partition coefficient (Wildman–Crippen LogP) is 8.11. The number of halogens is 5. The van der Waals surface area contributed by atoms with Gasteiger partial charge < -0.3 is 19.6 Å². The van der Waals surface area contributed by atoms with E-state index in [1.165, 1.54) is 42.6 Å². The van der Waals surface area contributed by atoms with Crippen LogP contribution in [0.5, 0.6) is 11.8 Å². The number of alkyl halides is 3. The maximum atomic E-state index is 17.1. The fourth-order valence-corrected chi connectivity index (χ4v) is 9.44. The lowest BCUT2D eigenvalue weighted by Gasteiger charge is -2.42. The van der Waals surface area contributed by atoms with E-state index in [2.05, 4.69) is 20.8 Å². The molecule has 3 aromatic carbocycles. The van der Waals surface area contributed by atoms with Crippen LogP contribution in [0.4, 0.5) is 27.8 Å². The second-order valence-electron chi connectivity index (χ2n) is 15.3. The van der Waals surface area contributed by atoms with Gasteiger partial charge in [0.05, 0.1) is 34.1 Å². The Bertz CT molecular complexity index is 2520. The van der Waals surface area contributed by atoms with Crippen LogP contribution in [0.3, 0.4) is 0 Å². The van der Waals surface area contributed by atoms with Gasteiger partial charge in [0.15, 0.2) is 5.82 Å². The lowest BCUT2D eigenvalue weighted by Crippen LogP contribution is -2.57. The van der Waals surface area contributed by atoms with Gasteiger partial charge in [0.2, 0.25) is 0 Å². The summed E-state index contributed by atoms with van der Waals surface area (Å²) in [5.74, 6) is 0.222. The Hall–Kier alpha value is -5.88. The summed E-state index contributed by atoms with van der Waals surface area (Å²) in [5.41, 5.74) is -2.18. The predicted molar refractivity (Wildman–Crippen MR) is 214 cm³/mol. The van der Waals surface area contributed by atoms with Crippen LogP contribution in [0, 0.1) is 29.4 Å². The number of terminal acetylenes is 1. The number of phenolic OH excluding ortho intramolecular Hbond substituents is 1. The van der Waals surface area contributed by atoms with E-state index in [0.29, 0.717) is 30.7 Å².